The number of rotatable bonds is 5. The summed E-state index contributed by atoms with van der Waals surface area (Å²) in [5.41, 5.74) is 0.961. The molecule has 1 aliphatic rings. The second-order valence-electron chi connectivity index (χ2n) is 5.36. The van der Waals surface area contributed by atoms with E-state index in [-0.39, 0.29) is 24.3 Å². The minimum Gasteiger partial charge on any atom is -0.350 e. The van der Waals surface area contributed by atoms with Gasteiger partial charge >= 0.3 is 6.03 Å². The third-order valence-electron chi connectivity index (χ3n) is 3.36. The molecule has 1 fully saturated rings. The Morgan fingerprint density at radius 2 is 1.95 bits per heavy atom. The molecule has 1 aromatic carbocycles. The van der Waals surface area contributed by atoms with Crippen LogP contribution >= 0.6 is 0 Å². The lowest BCUT2D eigenvalue weighted by molar-refractivity contribution is -0.132. The van der Waals surface area contributed by atoms with Crippen molar-refractivity contribution >= 4 is 17.8 Å². The molecule has 21 heavy (non-hydrogen) atoms. The predicted octanol–water partition coefficient (Wildman–Crippen LogP) is 0.879. The van der Waals surface area contributed by atoms with Crippen molar-refractivity contribution in [3.8, 4) is 0 Å². The normalized spacial score (nSPS) is 18.0. The molecule has 112 valence electrons. The quantitative estimate of drug-likeness (QED) is 0.790. The Balaban J connectivity index is 1.88. The third-order valence-corrected chi connectivity index (χ3v) is 3.36. The molecule has 1 heterocycles. The summed E-state index contributed by atoms with van der Waals surface area (Å²) >= 11 is 0. The van der Waals surface area contributed by atoms with Crippen LogP contribution in [-0.4, -0.2) is 35.3 Å². The van der Waals surface area contributed by atoms with Crippen molar-refractivity contribution in [1.82, 2.24) is 15.5 Å². The maximum Gasteiger partial charge on any atom is 0.325 e. The number of hydrogen-bond donors (Lipinski definition) is 2. The van der Waals surface area contributed by atoms with Crippen LogP contribution < -0.4 is 10.6 Å². The van der Waals surface area contributed by atoms with Crippen LogP contribution in [-0.2, 0) is 16.1 Å². The van der Waals surface area contributed by atoms with Crippen molar-refractivity contribution < 1.29 is 14.4 Å². The van der Waals surface area contributed by atoms with Crippen LogP contribution in [0, 0.1) is 5.92 Å². The second-order valence-corrected chi connectivity index (χ2v) is 5.36. The number of amides is 4. The number of carbonyl (C=O) groups is 3. The van der Waals surface area contributed by atoms with E-state index in [1.165, 1.54) is 0 Å². The Morgan fingerprint density at radius 3 is 2.52 bits per heavy atom. The molecule has 0 aromatic heterocycles. The zero-order chi connectivity index (χ0) is 15.4. The number of imide groups is 1. The van der Waals surface area contributed by atoms with Gasteiger partial charge in [0.25, 0.3) is 5.91 Å². The number of nitrogens with one attached hydrogen (secondary N) is 2. The molecule has 0 bridgehead atoms. The van der Waals surface area contributed by atoms with E-state index in [2.05, 4.69) is 10.6 Å². The largest absolute Gasteiger partial charge is 0.350 e. The first-order valence-electron chi connectivity index (χ1n) is 6.91. The van der Waals surface area contributed by atoms with Gasteiger partial charge in [-0.1, -0.05) is 44.2 Å². The Hall–Kier alpha value is -2.37. The predicted molar refractivity (Wildman–Crippen MR) is 77.2 cm³/mol. The minimum atomic E-state index is -0.542. The van der Waals surface area contributed by atoms with Gasteiger partial charge in [0.15, 0.2) is 0 Å². The van der Waals surface area contributed by atoms with E-state index in [1.54, 1.807) is 0 Å². The highest BCUT2D eigenvalue weighted by Crippen LogP contribution is 2.13. The molecule has 1 aliphatic heterocycles. The van der Waals surface area contributed by atoms with E-state index in [4.69, 9.17) is 0 Å². The first kappa shape index (κ1) is 15.0. The van der Waals surface area contributed by atoms with Crippen LogP contribution in [0.2, 0.25) is 0 Å². The number of nitrogens with zero attached hydrogens (tertiary/aromatic N) is 1. The molecule has 6 heteroatoms. The average molecular weight is 289 g/mol. The molecule has 0 spiro atoms. The molecule has 0 radical (unpaired) electrons. The Bertz CT molecular complexity index is 542. The fraction of sp³-hybridized carbons (Fsp3) is 0.400. The van der Waals surface area contributed by atoms with Crippen molar-refractivity contribution in [3.05, 3.63) is 35.9 Å². The lowest BCUT2D eigenvalue weighted by Gasteiger charge is -2.14. The highest BCUT2D eigenvalue weighted by molar-refractivity contribution is 6.06. The zero-order valence-electron chi connectivity index (χ0n) is 12.1. The number of urea groups is 1. The molecule has 4 amide bonds. The van der Waals surface area contributed by atoms with Crippen molar-refractivity contribution in [3.63, 3.8) is 0 Å². The SMILES string of the molecule is CC(C)C1NC(=O)N(CC(=O)NCc2ccccc2)C1=O. The van der Waals surface area contributed by atoms with Gasteiger partial charge in [-0.25, -0.2) is 4.79 Å². The Morgan fingerprint density at radius 1 is 1.29 bits per heavy atom. The van der Waals surface area contributed by atoms with Crippen molar-refractivity contribution in [2.45, 2.75) is 26.4 Å². The number of hydrogen-bond acceptors (Lipinski definition) is 3. The summed E-state index contributed by atoms with van der Waals surface area (Å²) in [6, 6.07) is 8.39. The fourth-order valence-electron chi connectivity index (χ4n) is 2.14. The first-order valence-corrected chi connectivity index (χ1v) is 6.91. The number of benzene rings is 1. The van der Waals surface area contributed by atoms with Crippen LogP contribution in [0.25, 0.3) is 0 Å². The van der Waals surface area contributed by atoms with Crippen molar-refractivity contribution in [2.24, 2.45) is 5.92 Å². The maximum atomic E-state index is 12.0. The summed E-state index contributed by atoms with van der Waals surface area (Å²) in [6.07, 6.45) is 0. The van der Waals surface area contributed by atoms with Crippen LogP contribution in [0.15, 0.2) is 30.3 Å². The van der Waals surface area contributed by atoms with Gasteiger partial charge in [0, 0.05) is 6.54 Å². The van der Waals surface area contributed by atoms with E-state index in [9.17, 15) is 14.4 Å². The summed E-state index contributed by atoms with van der Waals surface area (Å²) in [5.74, 6) is -0.699. The summed E-state index contributed by atoms with van der Waals surface area (Å²) < 4.78 is 0. The smallest absolute Gasteiger partial charge is 0.325 e. The highest BCUT2D eigenvalue weighted by atomic mass is 16.2. The van der Waals surface area contributed by atoms with Crippen LogP contribution in [0.4, 0.5) is 4.79 Å². The molecule has 1 saturated heterocycles. The minimum absolute atomic E-state index is 0.00108. The Labute approximate surface area is 123 Å². The van der Waals surface area contributed by atoms with E-state index in [1.807, 2.05) is 44.2 Å². The lowest BCUT2D eigenvalue weighted by Crippen LogP contribution is -2.41. The molecule has 1 atom stereocenters. The summed E-state index contributed by atoms with van der Waals surface area (Å²) in [4.78, 5) is 36.6. The second kappa shape index (κ2) is 6.39. The molecule has 0 saturated carbocycles. The van der Waals surface area contributed by atoms with Gasteiger partial charge in [-0.3, -0.25) is 14.5 Å². The van der Waals surface area contributed by atoms with Crippen molar-refractivity contribution in [1.29, 1.82) is 0 Å². The van der Waals surface area contributed by atoms with E-state index in [0.29, 0.717) is 6.54 Å². The molecule has 2 rings (SSSR count). The molecule has 0 aliphatic carbocycles. The van der Waals surface area contributed by atoms with Gasteiger partial charge in [0.1, 0.15) is 12.6 Å². The van der Waals surface area contributed by atoms with Gasteiger partial charge in [0.2, 0.25) is 5.91 Å². The zero-order valence-corrected chi connectivity index (χ0v) is 12.1. The first-order chi connectivity index (χ1) is 9.99. The van der Waals surface area contributed by atoms with Gasteiger partial charge < -0.3 is 10.6 Å². The third kappa shape index (κ3) is 3.59. The molecule has 6 nitrogen and oxygen atoms in total. The van der Waals surface area contributed by atoms with E-state index < -0.39 is 12.1 Å². The summed E-state index contributed by atoms with van der Waals surface area (Å²) in [5, 5.41) is 5.29. The molecule has 2 N–H and O–H groups in total. The lowest BCUT2D eigenvalue weighted by atomic mass is 10.1. The van der Waals surface area contributed by atoms with E-state index >= 15 is 0 Å². The summed E-state index contributed by atoms with van der Waals surface area (Å²) in [6.45, 7) is 3.82. The maximum absolute atomic E-state index is 12.0. The molecule has 1 aromatic rings. The van der Waals surface area contributed by atoms with Gasteiger partial charge in [-0.05, 0) is 11.5 Å². The topological polar surface area (TPSA) is 78.5 Å². The monoisotopic (exact) mass is 289 g/mol. The molecular formula is C15H19N3O3. The molecule has 1 unspecified atom stereocenters. The fourth-order valence-corrected chi connectivity index (χ4v) is 2.14. The highest BCUT2D eigenvalue weighted by Gasteiger charge is 2.40. The molecular weight excluding hydrogens is 270 g/mol. The van der Waals surface area contributed by atoms with Gasteiger partial charge in [0.05, 0.1) is 0 Å². The van der Waals surface area contributed by atoms with Crippen molar-refractivity contribution in [2.75, 3.05) is 6.54 Å². The van der Waals surface area contributed by atoms with Gasteiger partial charge in [-0.15, -0.1) is 0 Å². The standard InChI is InChI=1S/C15H19N3O3/c1-10(2)13-14(20)18(15(21)17-13)9-12(19)16-8-11-6-4-3-5-7-11/h3-7,10,13H,8-9H2,1-2H3,(H,16,19)(H,17,21). The Kier molecular flexibility index (Phi) is 4.57. The van der Waals surface area contributed by atoms with Crippen LogP contribution in [0.3, 0.4) is 0 Å². The van der Waals surface area contributed by atoms with Crippen LogP contribution in [0.5, 0.6) is 0 Å². The van der Waals surface area contributed by atoms with Crippen LogP contribution in [0.1, 0.15) is 19.4 Å². The number of carbonyl (C=O) groups excluding carboxylic acids is 3. The van der Waals surface area contributed by atoms with E-state index in [0.717, 1.165) is 10.5 Å². The van der Waals surface area contributed by atoms with Gasteiger partial charge in [-0.2, -0.15) is 0 Å². The average Bonchev–Trinajstić information content (AvgIpc) is 2.74. The summed E-state index contributed by atoms with van der Waals surface area (Å²) in [7, 11) is 0.